The van der Waals surface area contributed by atoms with Gasteiger partial charge in [-0.2, -0.15) is 0 Å². The van der Waals surface area contributed by atoms with Gasteiger partial charge in [0, 0.05) is 25.7 Å². The molecule has 0 aliphatic heterocycles. The van der Waals surface area contributed by atoms with E-state index in [-0.39, 0.29) is 25.7 Å². The molecular weight excluding hydrogens is 1210 g/mol. The van der Waals surface area contributed by atoms with Gasteiger partial charge in [0.25, 0.3) is 0 Å². The van der Waals surface area contributed by atoms with Gasteiger partial charge in [0.15, 0.2) is 12.2 Å². The quantitative estimate of drug-likeness (QED) is 0.0222. The normalized spacial score (nSPS) is 14.1. The van der Waals surface area contributed by atoms with Crippen molar-refractivity contribution >= 4 is 39.5 Å². The molecule has 0 saturated heterocycles. The van der Waals surface area contributed by atoms with Crippen LogP contribution >= 0.6 is 15.6 Å². The zero-order valence-corrected chi connectivity index (χ0v) is 61.6. The van der Waals surface area contributed by atoms with Crippen LogP contribution in [0.1, 0.15) is 375 Å². The average molecular weight is 1350 g/mol. The highest BCUT2D eigenvalue weighted by molar-refractivity contribution is 7.47. The fourth-order valence-corrected chi connectivity index (χ4v) is 12.7. The van der Waals surface area contributed by atoms with Crippen molar-refractivity contribution in [1.82, 2.24) is 0 Å². The highest BCUT2D eigenvalue weighted by Crippen LogP contribution is 2.45. The Morgan fingerprint density at radius 2 is 0.500 bits per heavy atom. The molecule has 92 heavy (non-hydrogen) atoms. The van der Waals surface area contributed by atoms with Crippen LogP contribution in [0.2, 0.25) is 0 Å². The third kappa shape index (κ3) is 66.7. The lowest BCUT2D eigenvalue weighted by molar-refractivity contribution is -0.161. The molecule has 0 aliphatic carbocycles. The van der Waals surface area contributed by atoms with Crippen LogP contribution in [0.15, 0.2) is 0 Å². The number of hydrogen-bond acceptors (Lipinski definition) is 15. The van der Waals surface area contributed by atoms with Crippen LogP contribution in [0.4, 0.5) is 0 Å². The highest BCUT2D eigenvalue weighted by Gasteiger charge is 2.30. The lowest BCUT2D eigenvalue weighted by Gasteiger charge is -2.21. The molecule has 0 bridgehead atoms. The maximum Gasteiger partial charge on any atom is 0.472 e. The number of unbranched alkanes of at least 4 members (excludes halogenated alkanes) is 42. The predicted octanol–water partition coefficient (Wildman–Crippen LogP) is 21.2. The summed E-state index contributed by atoms with van der Waals surface area (Å²) in [7, 11) is -9.90. The number of esters is 4. The fraction of sp³-hybridized carbons (Fsp3) is 0.945. The number of hydrogen-bond donors (Lipinski definition) is 3. The number of aliphatic hydroxyl groups is 1. The van der Waals surface area contributed by atoms with Gasteiger partial charge in [-0.1, -0.05) is 324 Å². The maximum absolute atomic E-state index is 13.1. The zero-order chi connectivity index (χ0) is 67.9. The van der Waals surface area contributed by atoms with Crippen molar-refractivity contribution in [2.24, 2.45) is 11.8 Å². The van der Waals surface area contributed by atoms with Crippen LogP contribution in [-0.2, 0) is 65.4 Å². The van der Waals surface area contributed by atoms with E-state index in [1.54, 1.807) is 0 Å². The Morgan fingerprint density at radius 3 is 0.739 bits per heavy atom. The minimum atomic E-state index is -4.95. The number of phosphoric ester groups is 2. The minimum absolute atomic E-state index is 0.104. The number of ether oxygens (including phenoxy) is 4. The molecule has 0 amide bonds. The molecule has 17 nitrogen and oxygen atoms in total. The van der Waals surface area contributed by atoms with Gasteiger partial charge in [-0.15, -0.1) is 0 Å². The van der Waals surface area contributed by atoms with Crippen LogP contribution < -0.4 is 0 Å². The summed E-state index contributed by atoms with van der Waals surface area (Å²) in [5.74, 6) is -0.635. The molecular formula is C73H142O17P2. The maximum atomic E-state index is 13.1. The van der Waals surface area contributed by atoms with Crippen molar-refractivity contribution in [2.45, 2.75) is 394 Å². The average Bonchev–Trinajstić information content (AvgIpc) is 3.69. The van der Waals surface area contributed by atoms with Crippen molar-refractivity contribution in [3.8, 4) is 0 Å². The van der Waals surface area contributed by atoms with Crippen LogP contribution in [0.25, 0.3) is 0 Å². The molecule has 19 heteroatoms. The summed E-state index contributed by atoms with van der Waals surface area (Å²) in [5, 5.41) is 10.6. The van der Waals surface area contributed by atoms with E-state index < -0.39 is 97.5 Å². The predicted molar refractivity (Wildman–Crippen MR) is 372 cm³/mol. The van der Waals surface area contributed by atoms with Crippen LogP contribution in [-0.4, -0.2) is 96.7 Å². The molecule has 0 saturated carbocycles. The lowest BCUT2D eigenvalue weighted by atomic mass is 10.0. The molecule has 0 rings (SSSR count). The number of carbonyl (C=O) groups excluding carboxylic acids is 4. The number of aliphatic hydroxyl groups excluding tert-OH is 1. The highest BCUT2D eigenvalue weighted by atomic mass is 31.2. The summed E-state index contributed by atoms with van der Waals surface area (Å²) in [6, 6.07) is 0. The number of phosphoric acid groups is 2. The Balaban J connectivity index is 5.22. The summed E-state index contributed by atoms with van der Waals surface area (Å²) < 4.78 is 68.3. The molecule has 0 aromatic heterocycles. The number of rotatable bonds is 72. The van der Waals surface area contributed by atoms with Gasteiger partial charge >= 0.3 is 39.5 Å². The summed E-state index contributed by atoms with van der Waals surface area (Å²) in [5.41, 5.74) is 0. The Morgan fingerprint density at radius 1 is 0.293 bits per heavy atom. The summed E-state index contributed by atoms with van der Waals surface area (Å²) >= 11 is 0. The molecule has 2 unspecified atom stereocenters. The molecule has 0 spiro atoms. The molecule has 5 atom stereocenters. The second kappa shape index (κ2) is 65.0. The van der Waals surface area contributed by atoms with E-state index in [2.05, 4.69) is 41.5 Å². The molecule has 0 heterocycles. The summed E-state index contributed by atoms with van der Waals surface area (Å²) in [4.78, 5) is 72.6. The van der Waals surface area contributed by atoms with Gasteiger partial charge in [-0.3, -0.25) is 37.3 Å². The van der Waals surface area contributed by atoms with E-state index >= 15 is 0 Å². The second-order valence-electron chi connectivity index (χ2n) is 27.3. The zero-order valence-electron chi connectivity index (χ0n) is 59.9. The van der Waals surface area contributed by atoms with Crippen molar-refractivity contribution < 1.29 is 80.2 Å². The fourth-order valence-electron chi connectivity index (χ4n) is 11.1. The molecule has 0 aliphatic rings. The Labute approximate surface area is 562 Å². The van der Waals surface area contributed by atoms with Crippen molar-refractivity contribution in [3.05, 3.63) is 0 Å². The summed E-state index contributed by atoms with van der Waals surface area (Å²) in [6.45, 7) is 9.51. The SMILES string of the molecule is CCCCCCCCCCCCCCCCCCCC(=O)O[C@H](COC(=O)CCCCCCCCCCCCCCCC(C)C)COP(=O)(O)OC[C@@H](O)COP(=O)(O)OC[C@@H](COC(=O)CCCCCCCCCCC)OC(=O)CCCCCCCCCC(C)C. The van der Waals surface area contributed by atoms with Gasteiger partial charge in [0.1, 0.15) is 19.3 Å². The van der Waals surface area contributed by atoms with Gasteiger partial charge in [-0.05, 0) is 37.5 Å². The van der Waals surface area contributed by atoms with Gasteiger partial charge in [0.2, 0.25) is 0 Å². The molecule has 0 aromatic carbocycles. The van der Waals surface area contributed by atoms with E-state index in [1.807, 2.05) is 0 Å². The number of carbonyl (C=O) groups is 4. The third-order valence-corrected chi connectivity index (χ3v) is 18.9. The molecule has 0 aromatic rings. The lowest BCUT2D eigenvalue weighted by Crippen LogP contribution is -2.30. The first-order valence-corrected chi connectivity index (χ1v) is 41.0. The van der Waals surface area contributed by atoms with Crippen LogP contribution in [0.3, 0.4) is 0 Å². The minimum Gasteiger partial charge on any atom is -0.462 e. The summed E-state index contributed by atoms with van der Waals surface area (Å²) in [6.07, 6.45) is 51.4. The first-order chi connectivity index (χ1) is 44.4. The van der Waals surface area contributed by atoms with Crippen LogP contribution in [0.5, 0.6) is 0 Å². The van der Waals surface area contributed by atoms with Gasteiger partial charge < -0.3 is 33.8 Å². The van der Waals surface area contributed by atoms with Crippen molar-refractivity contribution in [1.29, 1.82) is 0 Å². The first-order valence-electron chi connectivity index (χ1n) is 38.0. The monoisotopic (exact) mass is 1350 g/mol. The smallest absolute Gasteiger partial charge is 0.462 e. The standard InChI is InChI=1S/C73H142O17P2/c1-7-9-11-13-15-17-18-19-20-21-22-25-29-33-39-45-51-57-72(77)89-68(61-84-71(76)56-50-44-38-32-28-26-23-24-27-31-35-41-47-53-65(3)4)63-87-91(79,80)85-59-67(74)60-86-92(81,82)88-64-69(62-83-70(75)55-49-43-37-30-16-14-12-10-8-2)90-73(78)58-52-46-40-34-36-42-48-54-66(5)6/h65-69,74H,7-64H2,1-6H3,(H,79,80)(H,81,82)/t67-,68-,69-/m1/s1. The Hall–Kier alpha value is -1.94. The van der Waals surface area contributed by atoms with Crippen molar-refractivity contribution in [2.75, 3.05) is 39.6 Å². The molecule has 3 N–H and O–H groups in total. The van der Waals surface area contributed by atoms with E-state index in [9.17, 15) is 43.2 Å². The van der Waals surface area contributed by atoms with E-state index in [4.69, 9.17) is 37.0 Å². The largest absolute Gasteiger partial charge is 0.472 e. The topological polar surface area (TPSA) is 237 Å². The van der Waals surface area contributed by atoms with Gasteiger partial charge in [0.05, 0.1) is 26.4 Å². The van der Waals surface area contributed by atoms with E-state index in [0.29, 0.717) is 31.6 Å². The Bertz CT molecular complexity index is 1790. The van der Waals surface area contributed by atoms with Crippen LogP contribution in [0, 0.1) is 11.8 Å². The molecule has 0 radical (unpaired) electrons. The van der Waals surface area contributed by atoms with E-state index in [0.717, 1.165) is 95.8 Å². The third-order valence-electron chi connectivity index (χ3n) is 17.0. The second-order valence-corrected chi connectivity index (χ2v) is 30.2. The van der Waals surface area contributed by atoms with Gasteiger partial charge in [-0.25, -0.2) is 9.13 Å². The van der Waals surface area contributed by atoms with E-state index in [1.165, 1.54) is 193 Å². The van der Waals surface area contributed by atoms with Crippen molar-refractivity contribution in [3.63, 3.8) is 0 Å². The Kier molecular flexibility index (Phi) is 63.7. The molecule has 546 valence electrons. The molecule has 0 fully saturated rings. The first kappa shape index (κ1) is 90.1.